The lowest BCUT2D eigenvalue weighted by Crippen LogP contribution is -2.41. The summed E-state index contributed by atoms with van der Waals surface area (Å²) in [5.74, 6) is -0.533. The Bertz CT molecular complexity index is 228. The first-order valence-electron chi connectivity index (χ1n) is 4.95. The van der Waals surface area contributed by atoms with Crippen molar-refractivity contribution in [1.29, 1.82) is 0 Å². The monoisotopic (exact) mass is 198 g/mol. The highest BCUT2D eigenvalue weighted by molar-refractivity contribution is 5.79. The molecule has 1 heterocycles. The van der Waals surface area contributed by atoms with Gasteiger partial charge in [-0.1, -0.05) is 6.08 Å². The Morgan fingerprint density at radius 2 is 2.43 bits per heavy atom. The first-order valence-corrected chi connectivity index (χ1v) is 4.95. The second kappa shape index (κ2) is 5.12. The molecule has 0 amide bonds. The topological polar surface area (TPSA) is 66.6 Å². The molecular formula is C10H18N2O2. The van der Waals surface area contributed by atoms with Gasteiger partial charge in [0.2, 0.25) is 0 Å². The highest BCUT2D eigenvalue weighted by atomic mass is 16.4. The van der Waals surface area contributed by atoms with E-state index in [0.29, 0.717) is 5.92 Å². The Morgan fingerprint density at radius 1 is 1.71 bits per heavy atom. The SMILES string of the molecule is CN1CCCC(C(N)C=CC(=O)O)C1. The molecule has 1 saturated heterocycles. The summed E-state index contributed by atoms with van der Waals surface area (Å²) in [7, 11) is 2.07. The molecule has 0 aromatic carbocycles. The zero-order chi connectivity index (χ0) is 10.6. The van der Waals surface area contributed by atoms with Crippen LogP contribution in [0.25, 0.3) is 0 Å². The molecule has 1 aliphatic heterocycles. The standard InChI is InChI=1S/C10H18N2O2/c1-12-6-2-3-8(7-12)9(11)4-5-10(13)14/h4-5,8-9H,2-3,6-7,11H2,1H3,(H,13,14). The van der Waals surface area contributed by atoms with E-state index in [0.717, 1.165) is 32.0 Å². The highest BCUT2D eigenvalue weighted by Gasteiger charge is 2.21. The molecule has 0 aromatic rings. The van der Waals surface area contributed by atoms with E-state index in [1.54, 1.807) is 6.08 Å². The van der Waals surface area contributed by atoms with Crippen molar-refractivity contribution in [3.8, 4) is 0 Å². The van der Waals surface area contributed by atoms with Gasteiger partial charge in [0.15, 0.2) is 0 Å². The number of hydrogen-bond acceptors (Lipinski definition) is 3. The van der Waals surface area contributed by atoms with Gasteiger partial charge in [-0.2, -0.15) is 0 Å². The number of nitrogens with zero attached hydrogens (tertiary/aromatic N) is 1. The van der Waals surface area contributed by atoms with E-state index >= 15 is 0 Å². The number of piperidine rings is 1. The molecule has 14 heavy (non-hydrogen) atoms. The molecule has 2 unspecified atom stereocenters. The molecule has 0 bridgehead atoms. The number of hydrogen-bond donors (Lipinski definition) is 2. The third kappa shape index (κ3) is 3.47. The molecule has 0 aliphatic carbocycles. The van der Waals surface area contributed by atoms with Gasteiger partial charge in [-0.05, 0) is 32.4 Å². The molecule has 2 atom stereocenters. The summed E-state index contributed by atoms with van der Waals surface area (Å²) in [6.07, 6.45) is 4.97. The molecule has 4 nitrogen and oxygen atoms in total. The van der Waals surface area contributed by atoms with Gasteiger partial charge in [0, 0.05) is 18.7 Å². The second-order valence-corrected chi connectivity index (χ2v) is 3.94. The van der Waals surface area contributed by atoms with E-state index < -0.39 is 5.97 Å². The van der Waals surface area contributed by atoms with Crippen LogP contribution in [0.5, 0.6) is 0 Å². The van der Waals surface area contributed by atoms with Crippen LogP contribution in [0.1, 0.15) is 12.8 Å². The number of rotatable bonds is 3. The number of aliphatic carboxylic acids is 1. The lowest BCUT2D eigenvalue weighted by molar-refractivity contribution is -0.131. The third-order valence-electron chi connectivity index (χ3n) is 2.67. The summed E-state index contributed by atoms with van der Waals surface area (Å²) < 4.78 is 0. The normalized spacial score (nSPS) is 26.6. The number of nitrogens with two attached hydrogens (primary N) is 1. The number of carboxylic acids is 1. The van der Waals surface area contributed by atoms with Crippen molar-refractivity contribution in [3.63, 3.8) is 0 Å². The minimum absolute atomic E-state index is 0.131. The summed E-state index contributed by atoms with van der Waals surface area (Å²) >= 11 is 0. The van der Waals surface area contributed by atoms with Crippen LogP contribution < -0.4 is 5.73 Å². The van der Waals surface area contributed by atoms with E-state index in [4.69, 9.17) is 10.8 Å². The van der Waals surface area contributed by atoms with E-state index in [9.17, 15) is 4.79 Å². The first kappa shape index (κ1) is 11.2. The third-order valence-corrected chi connectivity index (χ3v) is 2.67. The Morgan fingerprint density at radius 3 is 3.00 bits per heavy atom. The van der Waals surface area contributed by atoms with Crippen LogP contribution in [-0.4, -0.2) is 42.2 Å². The molecule has 1 rings (SSSR count). The fourth-order valence-electron chi connectivity index (χ4n) is 1.87. The van der Waals surface area contributed by atoms with E-state index in [-0.39, 0.29) is 6.04 Å². The van der Waals surface area contributed by atoms with Crippen molar-refractivity contribution in [2.45, 2.75) is 18.9 Å². The van der Waals surface area contributed by atoms with E-state index in [1.165, 1.54) is 0 Å². The highest BCUT2D eigenvalue weighted by Crippen LogP contribution is 2.18. The van der Waals surface area contributed by atoms with Gasteiger partial charge in [0.1, 0.15) is 0 Å². The lowest BCUT2D eigenvalue weighted by Gasteiger charge is -2.32. The summed E-state index contributed by atoms with van der Waals surface area (Å²) in [5.41, 5.74) is 5.88. The van der Waals surface area contributed by atoms with Crippen molar-refractivity contribution in [2.24, 2.45) is 11.7 Å². The number of carboxylic acid groups (broad SMARTS) is 1. The molecule has 1 aliphatic rings. The largest absolute Gasteiger partial charge is 0.478 e. The number of likely N-dealkylation sites (tertiary alicyclic amines) is 1. The van der Waals surface area contributed by atoms with Gasteiger partial charge in [-0.15, -0.1) is 0 Å². The van der Waals surface area contributed by atoms with E-state index in [1.807, 2.05) is 0 Å². The summed E-state index contributed by atoms with van der Waals surface area (Å²) in [6.45, 7) is 2.08. The molecule has 0 aromatic heterocycles. The molecule has 0 saturated carbocycles. The molecular weight excluding hydrogens is 180 g/mol. The van der Waals surface area contributed by atoms with Crippen molar-refractivity contribution in [2.75, 3.05) is 20.1 Å². The van der Waals surface area contributed by atoms with Gasteiger partial charge in [-0.25, -0.2) is 4.79 Å². The van der Waals surface area contributed by atoms with Crippen LogP contribution in [0.4, 0.5) is 0 Å². The summed E-state index contributed by atoms with van der Waals surface area (Å²) in [4.78, 5) is 12.5. The summed E-state index contributed by atoms with van der Waals surface area (Å²) in [5, 5.41) is 8.46. The molecule has 4 heteroatoms. The van der Waals surface area contributed by atoms with Crippen LogP contribution in [0.3, 0.4) is 0 Å². The van der Waals surface area contributed by atoms with Gasteiger partial charge >= 0.3 is 5.97 Å². The van der Waals surface area contributed by atoms with Crippen LogP contribution in [0.2, 0.25) is 0 Å². The molecule has 0 spiro atoms. The van der Waals surface area contributed by atoms with E-state index in [2.05, 4.69) is 11.9 Å². The molecule has 3 N–H and O–H groups in total. The maximum atomic E-state index is 10.3. The van der Waals surface area contributed by atoms with Gasteiger partial charge < -0.3 is 15.7 Å². The smallest absolute Gasteiger partial charge is 0.328 e. The maximum Gasteiger partial charge on any atom is 0.328 e. The Hall–Kier alpha value is -0.870. The van der Waals surface area contributed by atoms with Crippen molar-refractivity contribution < 1.29 is 9.90 Å². The zero-order valence-corrected chi connectivity index (χ0v) is 8.52. The predicted molar refractivity (Wildman–Crippen MR) is 55.0 cm³/mol. The Balaban J connectivity index is 2.43. The fourth-order valence-corrected chi connectivity index (χ4v) is 1.87. The zero-order valence-electron chi connectivity index (χ0n) is 8.52. The Labute approximate surface area is 84.4 Å². The van der Waals surface area contributed by atoms with Gasteiger partial charge in [-0.3, -0.25) is 0 Å². The molecule has 80 valence electrons. The van der Waals surface area contributed by atoms with Gasteiger partial charge in [0.25, 0.3) is 0 Å². The average molecular weight is 198 g/mol. The Kier molecular flexibility index (Phi) is 4.10. The van der Waals surface area contributed by atoms with Gasteiger partial charge in [0.05, 0.1) is 0 Å². The van der Waals surface area contributed by atoms with Crippen molar-refractivity contribution >= 4 is 5.97 Å². The van der Waals surface area contributed by atoms with Crippen LogP contribution in [0.15, 0.2) is 12.2 Å². The summed E-state index contributed by atoms with van der Waals surface area (Å²) in [6, 6.07) is -0.131. The lowest BCUT2D eigenvalue weighted by atomic mass is 9.91. The number of carbonyl (C=O) groups is 1. The van der Waals surface area contributed by atoms with Crippen molar-refractivity contribution in [1.82, 2.24) is 4.90 Å². The minimum Gasteiger partial charge on any atom is -0.478 e. The first-order chi connectivity index (χ1) is 6.59. The minimum atomic E-state index is -0.926. The quantitative estimate of drug-likeness (QED) is 0.640. The maximum absolute atomic E-state index is 10.3. The van der Waals surface area contributed by atoms with Crippen LogP contribution in [0, 0.1) is 5.92 Å². The fraction of sp³-hybridized carbons (Fsp3) is 0.700. The van der Waals surface area contributed by atoms with Crippen molar-refractivity contribution in [3.05, 3.63) is 12.2 Å². The molecule has 1 fully saturated rings. The molecule has 0 radical (unpaired) electrons. The average Bonchev–Trinajstić information content (AvgIpc) is 2.14. The predicted octanol–water partition coefficient (Wildman–Crippen LogP) is 0.296. The van der Waals surface area contributed by atoms with Crippen LogP contribution >= 0.6 is 0 Å². The second-order valence-electron chi connectivity index (χ2n) is 3.94. The van der Waals surface area contributed by atoms with Crippen LogP contribution in [-0.2, 0) is 4.79 Å².